The number of fused-ring (bicyclic) bond motifs is 1. The van der Waals surface area contributed by atoms with E-state index >= 15 is 0 Å². The number of thiophene rings is 1. The first-order valence-electron chi connectivity index (χ1n) is 6.59. The Morgan fingerprint density at radius 2 is 2.00 bits per heavy atom. The van der Waals surface area contributed by atoms with E-state index in [2.05, 4.69) is 20.9 Å². The molecule has 0 atom stereocenters. The monoisotopic (exact) mass is 419 g/mol. The first kappa shape index (κ1) is 16.9. The molecule has 0 aromatic carbocycles. The molecule has 24 heavy (non-hydrogen) atoms. The lowest BCUT2D eigenvalue weighted by Gasteiger charge is -2.11. The number of hydrogen-bond acceptors (Lipinski definition) is 4. The molecule has 3 aromatic heterocycles. The highest BCUT2D eigenvalue weighted by Gasteiger charge is 2.33. The van der Waals surface area contributed by atoms with Gasteiger partial charge in [-0.1, -0.05) is 0 Å². The third-order valence-corrected chi connectivity index (χ3v) is 4.99. The first-order valence-corrected chi connectivity index (χ1v) is 8.26. The Labute approximate surface area is 145 Å². The minimum atomic E-state index is -4.65. The van der Waals surface area contributed by atoms with Crippen LogP contribution < -0.4 is 11.2 Å². The van der Waals surface area contributed by atoms with Gasteiger partial charge in [-0.25, -0.2) is 9.78 Å². The van der Waals surface area contributed by atoms with Crippen molar-refractivity contribution in [1.29, 1.82) is 0 Å². The van der Waals surface area contributed by atoms with Gasteiger partial charge in [0.25, 0.3) is 5.56 Å². The normalized spacial score (nSPS) is 12.0. The van der Waals surface area contributed by atoms with E-state index in [1.54, 1.807) is 11.4 Å². The largest absolute Gasteiger partial charge is 0.433 e. The second kappa shape index (κ2) is 5.85. The van der Waals surface area contributed by atoms with Crippen molar-refractivity contribution in [1.82, 2.24) is 14.1 Å². The summed E-state index contributed by atoms with van der Waals surface area (Å²) in [6, 6.07) is 3.55. The molecule has 126 valence electrons. The molecule has 3 aromatic rings. The molecule has 3 rings (SSSR count). The van der Waals surface area contributed by atoms with Crippen molar-refractivity contribution in [2.45, 2.75) is 12.7 Å². The fourth-order valence-electron chi connectivity index (χ4n) is 2.28. The van der Waals surface area contributed by atoms with Crippen molar-refractivity contribution < 1.29 is 13.2 Å². The second-order valence-corrected chi connectivity index (χ2v) is 7.35. The van der Waals surface area contributed by atoms with Crippen LogP contribution in [0.1, 0.15) is 11.3 Å². The van der Waals surface area contributed by atoms with Crippen molar-refractivity contribution >= 4 is 38.3 Å². The average Bonchev–Trinajstić information content (AvgIpc) is 2.93. The van der Waals surface area contributed by atoms with Crippen molar-refractivity contribution in [3.63, 3.8) is 0 Å². The van der Waals surface area contributed by atoms with Crippen LogP contribution in [0.4, 0.5) is 13.2 Å². The van der Waals surface area contributed by atoms with Gasteiger partial charge in [0.2, 0.25) is 0 Å². The van der Waals surface area contributed by atoms with Crippen LogP contribution in [0.2, 0.25) is 0 Å². The molecule has 0 bridgehead atoms. The molecule has 0 aliphatic heterocycles. The molecule has 10 heteroatoms. The first-order chi connectivity index (χ1) is 11.2. The van der Waals surface area contributed by atoms with E-state index in [4.69, 9.17) is 0 Å². The minimum Gasteiger partial charge on any atom is -0.280 e. The third kappa shape index (κ3) is 2.91. The molecular weight excluding hydrogens is 411 g/mol. The van der Waals surface area contributed by atoms with E-state index in [9.17, 15) is 22.8 Å². The Morgan fingerprint density at radius 3 is 2.58 bits per heavy atom. The molecule has 0 aliphatic carbocycles. The van der Waals surface area contributed by atoms with Gasteiger partial charge >= 0.3 is 11.9 Å². The zero-order valence-corrected chi connectivity index (χ0v) is 14.5. The maximum Gasteiger partial charge on any atom is 0.433 e. The van der Waals surface area contributed by atoms with Crippen molar-refractivity contribution in [3.8, 4) is 0 Å². The van der Waals surface area contributed by atoms with Crippen LogP contribution in [-0.2, 0) is 19.8 Å². The Balaban J connectivity index is 2.23. The molecule has 0 N–H and O–H groups in total. The van der Waals surface area contributed by atoms with Gasteiger partial charge in [-0.3, -0.25) is 13.9 Å². The number of rotatable bonds is 2. The van der Waals surface area contributed by atoms with Crippen LogP contribution in [-0.4, -0.2) is 14.1 Å². The number of hydrogen-bond donors (Lipinski definition) is 0. The SMILES string of the molecule is Cn1c(=O)n(Cc2csc(Br)c2)c(=O)c2ccc(C(F)(F)F)nc21. The topological polar surface area (TPSA) is 56.9 Å². The van der Waals surface area contributed by atoms with Crippen molar-refractivity contribution in [3.05, 3.63) is 59.5 Å². The smallest absolute Gasteiger partial charge is 0.280 e. The second-order valence-electron chi connectivity index (χ2n) is 5.06. The summed E-state index contributed by atoms with van der Waals surface area (Å²) in [5, 5.41) is 1.74. The lowest BCUT2D eigenvalue weighted by molar-refractivity contribution is -0.141. The van der Waals surface area contributed by atoms with Gasteiger partial charge in [-0.05, 0) is 45.1 Å². The molecule has 0 fully saturated rings. The summed E-state index contributed by atoms with van der Waals surface area (Å²) in [6.07, 6.45) is -4.65. The molecule has 0 amide bonds. The molecular formula is C14H9BrF3N3O2S. The maximum atomic E-state index is 12.8. The standard InChI is InChI=1S/C14H9BrF3N3O2S/c1-20-11-8(2-3-9(19-11)14(16,17)18)12(22)21(13(20)23)5-7-4-10(15)24-6-7/h2-4,6H,5H2,1H3. The zero-order valence-electron chi connectivity index (χ0n) is 12.1. The molecule has 0 saturated carbocycles. The van der Waals surface area contributed by atoms with Gasteiger partial charge in [0.1, 0.15) is 11.3 Å². The summed E-state index contributed by atoms with van der Waals surface area (Å²) < 4.78 is 41.1. The van der Waals surface area contributed by atoms with Gasteiger partial charge in [0.05, 0.1) is 15.7 Å². The lowest BCUT2D eigenvalue weighted by atomic mass is 10.2. The van der Waals surface area contributed by atoms with Crippen LogP contribution in [0.5, 0.6) is 0 Å². The van der Waals surface area contributed by atoms with Crippen molar-refractivity contribution in [2.24, 2.45) is 7.05 Å². The molecule has 5 nitrogen and oxygen atoms in total. The zero-order chi connectivity index (χ0) is 17.6. The average molecular weight is 420 g/mol. The van der Waals surface area contributed by atoms with Gasteiger partial charge in [-0.2, -0.15) is 13.2 Å². The quantitative estimate of drug-likeness (QED) is 0.641. The number of aryl methyl sites for hydroxylation is 1. The Bertz CT molecular complexity index is 1050. The number of aromatic nitrogens is 3. The summed E-state index contributed by atoms with van der Waals surface area (Å²) in [4.78, 5) is 28.3. The highest BCUT2D eigenvalue weighted by molar-refractivity contribution is 9.11. The minimum absolute atomic E-state index is 0.0323. The summed E-state index contributed by atoms with van der Waals surface area (Å²) in [6.45, 7) is 0.0323. The highest BCUT2D eigenvalue weighted by atomic mass is 79.9. The highest BCUT2D eigenvalue weighted by Crippen LogP contribution is 2.28. The maximum absolute atomic E-state index is 12.8. The third-order valence-electron chi connectivity index (χ3n) is 3.44. The van der Waals surface area contributed by atoms with Crippen LogP contribution in [0.15, 0.2) is 37.0 Å². The molecule has 0 spiro atoms. The van der Waals surface area contributed by atoms with E-state index in [-0.39, 0.29) is 17.6 Å². The number of halogens is 4. The number of nitrogens with zero attached hydrogens (tertiary/aromatic N) is 3. The van der Waals surface area contributed by atoms with Gasteiger partial charge < -0.3 is 0 Å². The molecule has 0 saturated heterocycles. The van der Waals surface area contributed by atoms with Crippen LogP contribution in [0, 0.1) is 0 Å². The van der Waals surface area contributed by atoms with Crippen LogP contribution >= 0.6 is 27.3 Å². The lowest BCUT2D eigenvalue weighted by Crippen LogP contribution is -2.39. The van der Waals surface area contributed by atoms with Crippen LogP contribution in [0.25, 0.3) is 11.0 Å². The van der Waals surface area contributed by atoms with E-state index in [0.29, 0.717) is 0 Å². The predicted molar refractivity (Wildman–Crippen MR) is 87.4 cm³/mol. The van der Waals surface area contributed by atoms with E-state index in [1.165, 1.54) is 18.4 Å². The Morgan fingerprint density at radius 1 is 1.29 bits per heavy atom. The molecule has 3 heterocycles. The van der Waals surface area contributed by atoms with E-state index in [1.807, 2.05) is 0 Å². The fourth-order valence-corrected chi connectivity index (χ4v) is 3.48. The molecule has 0 radical (unpaired) electrons. The molecule has 0 unspecified atom stereocenters. The van der Waals surface area contributed by atoms with Gasteiger partial charge in [0.15, 0.2) is 0 Å². The van der Waals surface area contributed by atoms with Gasteiger partial charge in [0, 0.05) is 7.05 Å². The predicted octanol–water partition coefficient (Wildman–Crippen LogP) is 2.99. The fraction of sp³-hybridized carbons (Fsp3) is 0.214. The summed E-state index contributed by atoms with van der Waals surface area (Å²) in [5.41, 5.74) is -2.09. The summed E-state index contributed by atoms with van der Waals surface area (Å²) >= 11 is 4.70. The van der Waals surface area contributed by atoms with E-state index in [0.717, 1.165) is 30.6 Å². The number of pyridine rings is 1. The van der Waals surface area contributed by atoms with Gasteiger partial charge in [-0.15, -0.1) is 11.3 Å². The summed E-state index contributed by atoms with van der Waals surface area (Å²) in [5.74, 6) is 0. The number of alkyl halides is 3. The summed E-state index contributed by atoms with van der Waals surface area (Å²) in [7, 11) is 1.29. The molecule has 0 aliphatic rings. The van der Waals surface area contributed by atoms with E-state index < -0.39 is 23.1 Å². The van der Waals surface area contributed by atoms with Crippen molar-refractivity contribution in [2.75, 3.05) is 0 Å². The Hall–Kier alpha value is -1.94. The van der Waals surface area contributed by atoms with Crippen LogP contribution in [0.3, 0.4) is 0 Å². The Kier molecular flexibility index (Phi) is 4.12.